The number of aromatic nitrogens is 4. The summed E-state index contributed by atoms with van der Waals surface area (Å²) in [6.07, 6.45) is 4.33. The van der Waals surface area contributed by atoms with Crippen molar-refractivity contribution in [2.24, 2.45) is 0 Å². The molecule has 0 aliphatic carbocycles. The van der Waals surface area contributed by atoms with E-state index in [1.807, 2.05) is 42.6 Å². The highest BCUT2D eigenvalue weighted by Crippen LogP contribution is 2.11. The molecule has 29 heavy (non-hydrogen) atoms. The first kappa shape index (κ1) is 18.6. The Labute approximate surface area is 167 Å². The number of hydrogen-bond donors (Lipinski definition) is 1. The molecule has 0 spiro atoms. The fraction of sp³-hybridized carbons (Fsp3) is 0.182. The number of H-pyrrole nitrogens is 1. The van der Waals surface area contributed by atoms with Crippen molar-refractivity contribution in [3.8, 4) is 5.69 Å². The van der Waals surface area contributed by atoms with E-state index in [1.54, 1.807) is 41.0 Å². The molecule has 0 bridgehead atoms. The molecule has 0 radical (unpaired) electrons. The van der Waals surface area contributed by atoms with Crippen molar-refractivity contribution in [1.29, 1.82) is 0 Å². The second-order valence-corrected chi connectivity index (χ2v) is 6.91. The molecule has 1 N–H and O–H groups in total. The number of para-hydroxylation sites is 2. The van der Waals surface area contributed by atoms with E-state index in [0.717, 1.165) is 11.3 Å². The lowest BCUT2D eigenvalue weighted by Gasteiger charge is -2.16. The van der Waals surface area contributed by atoms with Crippen molar-refractivity contribution >= 4 is 16.8 Å². The summed E-state index contributed by atoms with van der Waals surface area (Å²) in [6.45, 7) is 0.466. The number of nitrogens with one attached hydrogen (secondary N) is 1. The first-order valence-electron chi connectivity index (χ1n) is 9.41. The van der Waals surface area contributed by atoms with Crippen LogP contribution in [0.5, 0.6) is 0 Å². The standard InChI is InChI=1S/C22H21N5O2/c1-26(14-16-13-23-27(15-16)17-7-3-2-4-8-17)21(28)12-11-20-24-19-10-6-5-9-18(19)22(29)25-20/h2-10,13,15H,11-12,14H2,1H3,(H,24,25,29). The topological polar surface area (TPSA) is 83.9 Å². The summed E-state index contributed by atoms with van der Waals surface area (Å²) in [5.74, 6) is 0.501. The minimum absolute atomic E-state index is 0.0201. The molecule has 0 saturated heterocycles. The number of aryl methyl sites for hydroxylation is 1. The van der Waals surface area contributed by atoms with Gasteiger partial charge in [0.1, 0.15) is 5.82 Å². The quantitative estimate of drug-likeness (QED) is 0.551. The van der Waals surface area contributed by atoms with Gasteiger partial charge >= 0.3 is 0 Å². The zero-order valence-corrected chi connectivity index (χ0v) is 16.1. The molecule has 7 heteroatoms. The Morgan fingerprint density at radius 3 is 2.69 bits per heavy atom. The van der Waals surface area contributed by atoms with Crippen molar-refractivity contribution in [2.45, 2.75) is 19.4 Å². The predicted octanol–water partition coefficient (Wildman–Crippen LogP) is 2.70. The van der Waals surface area contributed by atoms with Gasteiger partial charge in [0.15, 0.2) is 0 Å². The zero-order chi connectivity index (χ0) is 20.2. The van der Waals surface area contributed by atoms with E-state index in [0.29, 0.717) is 29.7 Å². The van der Waals surface area contributed by atoms with Crippen LogP contribution in [0.25, 0.3) is 16.6 Å². The maximum atomic E-state index is 12.5. The van der Waals surface area contributed by atoms with Gasteiger partial charge in [-0.2, -0.15) is 5.10 Å². The fourth-order valence-electron chi connectivity index (χ4n) is 3.20. The van der Waals surface area contributed by atoms with E-state index in [-0.39, 0.29) is 17.9 Å². The van der Waals surface area contributed by atoms with Gasteiger partial charge in [0.05, 0.1) is 22.8 Å². The van der Waals surface area contributed by atoms with Crippen LogP contribution in [0.1, 0.15) is 17.8 Å². The van der Waals surface area contributed by atoms with Crippen molar-refractivity contribution < 1.29 is 4.79 Å². The number of carbonyl (C=O) groups excluding carboxylic acids is 1. The molecule has 0 fully saturated rings. The summed E-state index contributed by atoms with van der Waals surface area (Å²) in [5, 5.41) is 4.91. The monoisotopic (exact) mass is 387 g/mol. The second kappa shape index (κ2) is 8.10. The number of nitrogens with zero attached hydrogens (tertiary/aromatic N) is 4. The summed E-state index contributed by atoms with van der Waals surface area (Å²) >= 11 is 0. The Morgan fingerprint density at radius 2 is 1.86 bits per heavy atom. The molecule has 0 atom stereocenters. The van der Waals surface area contributed by atoms with Crippen LogP contribution in [-0.2, 0) is 17.8 Å². The highest BCUT2D eigenvalue weighted by atomic mass is 16.2. The molecule has 2 aromatic carbocycles. The van der Waals surface area contributed by atoms with Crippen molar-refractivity contribution in [1.82, 2.24) is 24.6 Å². The van der Waals surface area contributed by atoms with Gasteiger partial charge in [0, 0.05) is 38.2 Å². The summed E-state index contributed by atoms with van der Waals surface area (Å²) in [7, 11) is 1.76. The lowest BCUT2D eigenvalue weighted by atomic mass is 10.2. The number of benzene rings is 2. The fourth-order valence-corrected chi connectivity index (χ4v) is 3.20. The number of hydrogen-bond acceptors (Lipinski definition) is 4. The van der Waals surface area contributed by atoms with Crippen LogP contribution in [0, 0.1) is 0 Å². The summed E-state index contributed by atoms with van der Waals surface area (Å²) in [5.41, 5.74) is 2.38. The molecule has 1 amide bonds. The number of aromatic amines is 1. The smallest absolute Gasteiger partial charge is 0.258 e. The van der Waals surface area contributed by atoms with Gasteiger partial charge in [0.25, 0.3) is 5.56 Å². The van der Waals surface area contributed by atoms with Gasteiger partial charge < -0.3 is 9.88 Å². The van der Waals surface area contributed by atoms with Gasteiger partial charge in [-0.3, -0.25) is 9.59 Å². The maximum absolute atomic E-state index is 12.5. The van der Waals surface area contributed by atoms with Crippen LogP contribution >= 0.6 is 0 Å². The van der Waals surface area contributed by atoms with E-state index in [9.17, 15) is 9.59 Å². The number of fused-ring (bicyclic) bond motifs is 1. The van der Waals surface area contributed by atoms with E-state index < -0.39 is 0 Å². The second-order valence-electron chi connectivity index (χ2n) is 6.91. The molecule has 146 valence electrons. The van der Waals surface area contributed by atoms with Crippen LogP contribution in [0.15, 0.2) is 71.8 Å². The third-order valence-corrected chi connectivity index (χ3v) is 4.74. The third-order valence-electron chi connectivity index (χ3n) is 4.74. The van der Waals surface area contributed by atoms with Crippen molar-refractivity contribution in [3.63, 3.8) is 0 Å². The largest absolute Gasteiger partial charge is 0.341 e. The van der Waals surface area contributed by atoms with Crippen LogP contribution in [0.4, 0.5) is 0 Å². The molecule has 2 heterocycles. The zero-order valence-electron chi connectivity index (χ0n) is 16.1. The molecular weight excluding hydrogens is 366 g/mol. The molecule has 7 nitrogen and oxygen atoms in total. The minimum atomic E-state index is -0.181. The van der Waals surface area contributed by atoms with Gasteiger partial charge in [-0.1, -0.05) is 30.3 Å². The highest BCUT2D eigenvalue weighted by Gasteiger charge is 2.12. The first-order valence-corrected chi connectivity index (χ1v) is 9.41. The Kier molecular flexibility index (Phi) is 5.20. The van der Waals surface area contributed by atoms with E-state index >= 15 is 0 Å². The number of amides is 1. The van der Waals surface area contributed by atoms with Gasteiger partial charge in [0.2, 0.25) is 5.91 Å². The van der Waals surface area contributed by atoms with Crippen LogP contribution in [0.3, 0.4) is 0 Å². The molecule has 0 aliphatic heterocycles. The first-order chi connectivity index (χ1) is 14.1. The SMILES string of the molecule is CN(Cc1cnn(-c2ccccc2)c1)C(=O)CCc1nc2ccccc2c(=O)[nH]1. The van der Waals surface area contributed by atoms with Crippen molar-refractivity contribution in [2.75, 3.05) is 7.05 Å². The summed E-state index contributed by atoms with van der Waals surface area (Å²) < 4.78 is 1.79. The molecule has 4 aromatic rings. The molecule has 4 rings (SSSR count). The minimum Gasteiger partial charge on any atom is -0.341 e. The Balaban J connectivity index is 1.38. The highest BCUT2D eigenvalue weighted by molar-refractivity contribution is 5.78. The van der Waals surface area contributed by atoms with E-state index in [2.05, 4.69) is 15.1 Å². The molecule has 0 aliphatic rings. The Hall–Kier alpha value is -3.74. The Bertz CT molecular complexity index is 1200. The van der Waals surface area contributed by atoms with Gasteiger partial charge in [-0.05, 0) is 24.3 Å². The van der Waals surface area contributed by atoms with E-state index in [4.69, 9.17) is 0 Å². The molecule has 0 unspecified atom stereocenters. The Morgan fingerprint density at radius 1 is 1.10 bits per heavy atom. The average molecular weight is 387 g/mol. The lowest BCUT2D eigenvalue weighted by molar-refractivity contribution is -0.130. The number of carbonyl (C=O) groups is 1. The van der Waals surface area contributed by atoms with E-state index in [1.165, 1.54) is 0 Å². The molecule has 0 saturated carbocycles. The van der Waals surface area contributed by atoms with Crippen molar-refractivity contribution in [3.05, 3.63) is 88.7 Å². The number of rotatable bonds is 6. The van der Waals surface area contributed by atoms with Gasteiger partial charge in [-0.25, -0.2) is 9.67 Å². The van der Waals surface area contributed by atoms with Crippen LogP contribution in [0.2, 0.25) is 0 Å². The average Bonchev–Trinajstić information content (AvgIpc) is 3.21. The van der Waals surface area contributed by atoms with Crippen LogP contribution in [-0.4, -0.2) is 37.6 Å². The molecular formula is C22H21N5O2. The third kappa shape index (κ3) is 4.24. The summed E-state index contributed by atoms with van der Waals surface area (Å²) in [6, 6.07) is 17.0. The lowest BCUT2D eigenvalue weighted by Crippen LogP contribution is -2.26. The normalized spacial score (nSPS) is 10.9. The maximum Gasteiger partial charge on any atom is 0.258 e. The van der Waals surface area contributed by atoms with Gasteiger partial charge in [-0.15, -0.1) is 0 Å². The molecule has 2 aromatic heterocycles. The summed E-state index contributed by atoms with van der Waals surface area (Å²) in [4.78, 5) is 33.5. The van der Waals surface area contributed by atoms with Crippen LogP contribution < -0.4 is 5.56 Å². The predicted molar refractivity (Wildman–Crippen MR) is 111 cm³/mol.